The summed E-state index contributed by atoms with van der Waals surface area (Å²) < 4.78 is 26.4. The maximum atomic E-state index is 13.2. The molecular weight excluding hydrogens is 278 g/mol. The van der Waals surface area contributed by atoms with E-state index in [1.54, 1.807) is 18.3 Å². The van der Waals surface area contributed by atoms with Crippen molar-refractivity contribution in [2.75, 3.05) is 0 Å². The summed E-state index contributed by atoms with van der Waals surface area (Å²) in [6, 6.07) is 3.13. The summed E-state index contributed by atoms with van der Waals surface area (Å²) in [5, 5.41) is 3.12. The van der Waals surface area contributed by atoms with Crippen molar-refractivity contribution in [3.63, 3.8) is 0 Å². The van der Waals surface area contributed by atoms with Crippen LogP contribution in [0.25, 0.3) is 11.0 Å². The Hall–Kier alpha value is -2.02. The Kier molecular flexibility index (Phi) is 3.36. The van der Waals surface area contributed by atoms with Gasteiger partial charge in [0.25, 0.3) is 5.91 Å². The predicted octanol–water partition coefficient (Wildman–Crippen LogP) is 1.94. The number of aromatic nitrogens is 2. The molecule has 0 bridgehead atoms. The molecule has 2 aromatic heterocycles. The van der Waals surface area contributed by atoms with Crippen LogP contribution in [0.1, 0.15) is 35.3 Å². The number of nitrogens with zero attached hydrogens (tertiary/aromatic N) is 1. The Labute approximate surface area is 119 Å². The average Bonchev–Trinajstić information content (AvgIpc) is 3.01. The molecule has 112 valence electrons. The molecule has 2 aromatic rings. The summed E-state index contributed by atoms with van der Waals surface area (Å²) in [7, 11) is 0. The molecule has 1 amide bonds. The largest absolute Gasteiger partial charge is 0.364 e. The number of hydrogen-bond donors (Lipinski definition) is 3. The summed E-state index contributed by atoms with van der Waals surface area (Å²) in [6.45, 7) is 0.389. The van der Waals surface area contributed by atoms with Crippen molar-refractivity contribution >= 4 is 16.9 Å². The van der Waals surface area contributed by atoms with Crippen molar-refractivity contribution in [3.8, 4) is 0 Å². The molecule has 1 saturated carbocycles. The third-order valence-corrected chi connectivity index (χ3v) is 3.84. The number of amides is 1. The third-order valence-electron chi connectivity index (χ3n) is 3.84. The maximum absolute atomic E-state index is 13.2. The minimum Gasteiger partial charge on any atom is -0.364 e. The summed E-state index contributed by atoms with van der Waals surface area (Å²) in [6.07, 6.45) is 1.95. The van der Waals surface area contributed by atoms with E-state index in [1.807, 2.05) is 0 Å². The fourth-order valence-corrected chi connectivity index (χ4v) is 2.76. The SMILES string of the molecule is NC(=O)c1cc(CN[C@@H]2CCC(F)(F)C2)c2[nH]ccc2n1. The van der Waals surface area contributed by atoms with Crippen LogP contribution < -0.4 is 11.1 Å². The Morgan fingerprint density at radius 1 is 1.57 bits per heavy atom. The lowest BCUT2D eigenvalue weighted by atomic mass is 10.1. The molecule has 0 spiro atoms. The van der Waals surface area contributed by atoms with Crippen molar-refractivity contribution in [3.05, 3.63) is 29.6 Å². The monoisotopic (exact) mass is 294 g/mol. The number of nitrogens with two attached hydrogens (primary N) is 1. The lowest BCUT2D eigenvalue weighted by Crippen LogP contribution is -2.28. The first-order chi connectivity index (χ1) is 9.94. The lowest BCUT2D eigenvalue weighted by molar-refractivity contribution is 0.00687. The third kappa shape index (κ3) is 2.87. The molecule has 21 heavy (non-hydrogen) atoms. The minimum absolute atomic E-state index is 0.0779. The molecule has 4 N–H and O–H groups in total. The summed E-state index contributed by atoms with van der Waals surface area (Å²) in [5.41, 5.74) is 7.67. The minimum atomic E-state index is -2.57. The molecule has 1 fully saturated rings. The van der Waals surface area contributed by atoms with Crippen LogP contribution in [0.5, 0.6) is 0 Å². The van der Waals surface area contributed by atoms with Crippen LogP contribution in [-0.2, 0) is 6.54 Å². The Bertz CT molecular complexity index is 683. The van der Waals surface area contributed by atoms with Gasteiger partial charge >= 0.3 is 0 Å². The van der Waals surface area contributed by atoms with E-state index in [0.29, 0.717) is 18.5 Å². The highest BCUT2D eigenvalue weighted by Gasteiger charge is 2.39. The van der Waals surface area contributed by atoms with Crippen molar-refractivity contribution < 1.29 is 13.6 Å². The molecule has 7 heteroatoms. The number of carbonyl (C=O) groups is 1. The van der Waals surface area contributed by atoms with Crippen LogP contribution in [0, 0.1) is 0 Å². The van der Waals surface area contributed by atoms with Crippen molar-refractivity contribution in [2.45, 2.75) is 37.8 Å². The fraction of sp³-hybridized carbons (Fsp3) is 0.429. The average molecular weight is 294 g/mol. The lowest BCUT2D eigenvalue weighted by Gasteiger charge is -2.13. The fourth-order valence-electron chi connectivity index (χ4n) is 2.76. The number of aromatic amines is 1. The number of fused-ring (bicyclic) bond motifs is 1. The van der Waals surface area contributed by atoms with Crippen LogP contribution in [-0.4, -0.2) is 27.8 Å². The standard InChI is InChI=1S/C14H16F2N4O/c15-14(16)3-1-9(6-14)19-7-8-5-11(13(17)21)20-10-2-4-18-12(8)10/h2,4-5,9,18-19H,1,3,6-7H2,(H2,17,21)/t9-/m1/s1. The molecule has 5 nitrogen and oxygen atoms in total. The van der Waals surface area contributed by atoms with Crippen molar-refractivity contribution in [2.24, 2.45) is 5.73 Å². The molecule has 0 aliphatic heterocycles. The molecular formula is C14H16F2N4O. The second-order valence-corrected chi connectivity index (χ2v) is 5.45. The van der Waals surface area contributed by atoms with E-state index in [9.17, 15) is 13.6 Å². The second-order valence-electron chi connectivity index (χ2n) is 5.45. The number of pyridine rings is 1. The number of carbonyl (C=O) groups excluding carboxylic acids is 1. The summed E-state index contributed by atoms with van der Waals surface area (Å²) in [4.78, 5) is 18.5. The highest BCUT2D eigenvalue weighted by molar-refractivity contribution is 5.94. The van der Waals surface area contributed by atoms with Gasteiger partial charge in [-0.05, 0) is 24.1 Å². The Morgan fingerprint density at radius 2 is 2.38 bits per heavy atom. The van der Waals surface area contributed by atoms with Gasteiger partial charge in [-0.1, -0.05) is 0 Å². The van der Waals surface area contributed by atoms with Crippen molar-refractivity contribution in [1.82, 2.24) is 15.3 Å². The van der Waals surface area contributed by atoms with Gasteiger partial charge in [-0.15, -0.1) is 0 Å². The van der Waals surface area contributed by atoms with Gasteiger partial charge in [0, 0.05) is 31.6 Å². The highest BCUT2D eigenvalue weighted by atomic mass is 19.3. The van der Waals surface area contributed by atoms with E-state index in [4.69, 9.17) is 5.73 Å². The number of hydrogen-bond acceptors (Lipinski definition) is 3. The zero-order valence-corrected chi connectivity index (χ0v) is 11.3. The zero-order chi connectivity index (χ0) is 15.0. The van der Waals surface area contributed by atoms with Crippen LogP contribution in [0.4, 0.5) is 8.78 Å². The highest BCUT2D eigenvalue weighted by Crippen LogP contribution is 2.34. The van der Waals surface area contributed by atoms with Crippen LogP contribution in [0.3, 0.4) is 0 Å². The van der Waals surface area contributed by atoms with E-state index < -0.39 is 11.8 Å². The number of rotatable bonds is 4. The van der Waals surface area contributed by atoms with E-state index in [0.717, 1.165) is 11.1 Å². The first kappa shape index (κ1) is 13.9. The molecule has 0 radical (unpaired) electrons. The van der Waals surface area contributed by atoms with E-state index in [2.05, 4.69) is 15.3 Å². The smallest absolute Gasteiger partial charge is 0.267 e. The number of halogens is 2. The summed E-state index contributed by atoms with van der Waals surface area (Å²) >= 11 is 0. The van der Waals surface area contributed by atoms with E-state index in [1.165, 1.54) is 0 Å². The van der Waals surface area contributed by atoms with E-state index >= 15 is 0 Å². The zero-order valence-electron chi connectivity index (χ0n) is 11.3. The molecule has 3 rings (SSSR count). The maximum Gasteiger partial charge on any atom is 0.267 e. The van der Waals surface area contributed by atoms with Crippen molar-refractivity contribution in [1.29, 1.82) is 0 Å². The van der Waals surface area contributed by atoms with Gasteiger partial charge in [0.1, 0.15) is 5.69 Å². The molecule has 0 aromatic carbocycles. The number of H-pyrrole nitrogens is 1. The number of nitrogens with one attached hydrogen (secondary N) is 2. The summed E-state index contributed by atoms with van der Waals surface area (Å²) in [5.74, 6) is -3.18. The van der Waals surface area contributed by atoms with Gasteiger partial charge in [-0.3, -0.25) is 4.79 Å². The molecule has 1 aliphatic rings. The van der Waals surface area contributed by atoms with Gasteiger partial charge in [0.05, 0.1) is 11.0 Å². The first-order valence-electron chi connectivity index (χ1n) is 6.83. The first-order valence-corrected chi connectivity index (χ1v) is 6.83. The topological polar surface area (TPSA) is 83.8 Å². The van der Waals surface area contributed by atoms with Gasteiger partial charge in [-0.25, -0.2) is 13.8 Å². The number of alkyl halides is 2. The van der Waals surface area contributed by atoms with Gasteiger partial charge in [-0.2, -0.15) is 0 Å². The Balaban J connectivity index is 1.80. The molecule has 1 aliphatic carbocycles. The van der Waals surface area contributed by atoms with E-state index in [-0.39, 0.29) is 24.6 Å². The molecule has 0 unspecified atom stereocenters. The second kappa shape index (κ2) is 5.07. The quantitative estimate of drug-likeness (QED) is 0.805. The molecule has 0 saturated heterocycles. The van der Waals surface area contributed by atoms with Gasteiger partial charge < -0.3 is 16.0 Å². The molecule has 2 heterocycles. The van der Waals surface area contributed by atoms with Crippen LogP contribution >= 0.6 is 0 Å². The van der Waals surface area contributed by atoms with Gasteiger partial charge in [0.2, 0.25) is 5.92 Å². The van der Waals surface area contributed by atoms with Crippen LogP contribution in [0.2, 0.25) is 0 Å². The predicted molar refractivity (Wildman–Crippen MR) is 74.0 cm³/mol. The normalized spacial score (nSPS) is 21.0. The molecule has 1 atom stereocenters. The van der Waals surface area contributed by atoms with Crippen LogP contribution in [0.15, 0.2) is 18.3 Å². The number of primary amides is 1. The Morgan fingerprint density at radius 3 is 3.05 bits per heavy atom. The van der Waals surface area contributed by atoms with Gasteiger partial charge in [0.15, 0.2) is 0 Å².